The molecule has 9 heteroatoms. The molecule has 0 saturated heterocycles. The normalized spacial score (nSPS) is 18.8. The number of methoxy groups -OCH3 is 3. The number of benzene rings is 2. The van der Waals surface area contributed by atoms with Crippen molar-refractivity contribution in [2.75, 3.05) is 34.5 Å². The van der Waals surface area contributed by atoms with Crippen molar-refractivity contribution in [3.63, 3.8) is 0 Å². The van der Waals surface area contributed by atoms with E-state index in [0.29, 0.717) is 40.3 Å². The van der Waals surface area contributed by atoms with E-state index in [2.05, 4.69) is 5.32 Å². The Morgan fingerprint density at radius 3 is 2.30 bits per heavy atom. The maximum absolute atomic E-state index is 13.9. The Morgan fingerprint density at radius 2 is 1.62 bits per heavy atom. The lowest BCUT2D eigenvalue weighted by atomic mass is 9.71. The van der Waals surface area contributed by atoms with Crippen molar-refractivity contribution in [3.8, 4) is 23.0 Å². The standard InChI is InChI=1S/C31H37NO8/c1-17(2)39-11-12-40-31(35)28-18(3)32-22-13-21(19-8-10-25(36-4)27(15-19)38-6)14-24(34)30(22)29(28)20-7-9-23(33)26(16-20)37-5/h7-10,15-17,21,29,32-33H,11-14H2,1-6H3/t21-,29-/m1/s1. The van der Waals surface area contributed by atoms with Crippen LogP contribution >= 0.6 is 0 Å². The van der Waals surface area contributed by atoms with E-state index in [4.69, 9.17) is 23.7 Å². The summed E-state index contributed by atoms with van der Waals surface area (Å²) in [5.41, 5.74) is 3.82. The highest BCUT2D eigenvalue weighted by Crippen LogP contribution is 2.47. The van der Waals surface area contributed by atoms with Crippen molar-refractivity contribution in [3.05, 3.63) is 70.1 Å². The largest absolute Gasteiger partial charge is 0.504 e. The van der Waals surface area contributed by atoms with Crippen LogP contribution in [0.5, 0.6) is 23.0 Å². The molecule has 2 N–H and O–H groups in total. The van der Waals surface area contributed by atoms with Crippen LogP contribution in [0.1, 0.15) is 56.6 Å². The number of phenolic OH excluding ortho intramolecular Hbond substituents is 1. The van der Waals surface area contributed by atoms with Crippen molar-refractivity contribution < 1.29 is 38.4 Å². The van der Waals surface area contributed by atoms with Crippen LogP contribution < -0.4 is 19.5 Å². The lowest BCUT2D eigenvalue weighted by molar-refractivity contribution is -0.141. The number of carbonyl (C=O) groups is 2. The smallest absolute Gasteiger partial charge is 0.336 e. The van der Waals surface area contributed by atoms with Gasteiger partial charge in [-0.2, -0.15) is 0 Å². The van der Waals surface area contributed by atoms with Crippen LogP contribution in [-0.2, 0) is 19.1 Å². The van der Waals surface area contributed by atoms with Gasteiger partial charge in [-0.1, -0.05) is 12.1 Å². The molecule has 0 radical (unpaired) electrons. The van der Waals surface area contributed by atoms with Crippen molar-refractivity contribution in [1.29, 1.82) is 0 Å². The quantitative estimate of drug-likeness (QED) is 0.319. The minimum Gasteiger partial charge on any atom is -0.504 e. The van der Waals surface area contributed by atoms with Gasteiger partial charge in [0.25, 0.3) is 0 Å². The van der Waals surface area contributed by atoms with Crippen LogP contribution in [0, 0.1) is 0 Å². The fourth-order valence-corrected chi connectivity index (χ4v) is 5.36. The van der Waals surface area contributed by atoms with Gasteiger partial charge in [0.05, 0.1) is 39.6 Å². The third-order valence-corrected chi connectivity index (χ3v) is 7.23. The summed E-state index contributed by atoms with van der Waals surface area (Å²) in [5.74, 6) is 0.0360. The molecule has 214 valence electrons. The van der Waals surface area contributed by atoms with Crippen LogP contribution in [-0.4, -0.2) is 57.5 Å². The molecule has 1 aliphatic carbocycles. The first kappa shape index (κ1) is 29.0. The van der Waals surface area contributed by atoms with Crippen LogP contribution in [0.15, 0.2) is 58.9 Å². The Morgan fingerprint density at radius 1 is 0.950 bits per heavy atom. The first-order valence-corrected chi connectivity index (χ1v) is 13.3. The molecular weight excluding hydrogens is 514 g/mol. The maximum atomic E-state index is 13.9. The van der Waals surface area contributed by atoms with Crippen molar-refractivity contribution >= 4 is 11.8 Å². The lowest BCUT2D eigenvalue weighted by Gasteiger charge is -2.37. The highest BCUT2D eigenvalue weighted by molar-refractivity contribution is 6.04. The molecular formula is C31H37NO8. The van der Waals surface area contributed by atoms with Crippen LogP contribution in [0.2, 0.25) is 0 Å². The molecule has 2 aliphatic rings. The second-order valence-corrected chi connectivity index (χ2v) is 10.1. The number of phenols is 1. The molecule has 40 heavy (non-hydrogen) atoms. The fourth-order valence-electron chi connectivity index (χ4n) is 5.36. The number of carbonyl (C=O) groups excluding carboxylic acids is 2. The predicted molar refractivity (Wildman–Crippen MR) is 149 cm³/mol. The SMILES string of the molecule is COc1cc([C@@H]2C(C(=O)OCCOC(C)C)=C(C)NC3=C2C(=O)C[C@H](c2ccc(OC)c(OC)c2)C3)ccc1O. The van der Waals surface area contributed by atoms with Gasteiger partial charge >= 0.3 is 5.97 Å². The van der Waals surface area contributed by atoms with Crippen molar-refractivity contribution in [1.82, 2.24) is 5.32 Å². The highest BCUT2D eigenvalue weighted by Gasteiger charge is 2.41. The second kappa shape index (κ2) is 12.5. The molecule has 0 unspecified atom stereocenters. The molecule has 0 amide bonds. The number of Topliss-reactive ketones (excluding diaryl/α,β-unsaturated/α-hetero) is 1. The van der Waals surface area contributed by atoms with Crippen molar-refractivity contribution in [2.24, 2.45) is 0 Å². The summed E-state index contributed by atoms with van der Waals surface area (Å²) in [4.78, 5) is 27.3. The molecule has 2 aromatic rings. The summed E-state index contributed by atoms with van der Waals surface area (Å²) in [6.07, 6.45) is 0.828. The zero-order valence-electron chi connectivity index (χ0n) is 23.8. The fraction of sp³-hybridized carbons (Fsp3) is 0.419. The average Bonchev–Trinajstić information content (AvgIpc) is 2.94. The topological polar surface area (TPSA) is 113 Å². The second-order valence-electron chi connectivity index (χ2n) is 10.1. The van der Waals surface area contributed by atoms with Gasteiger partial charge < -0.3 is 34.1 Å². The van der Waals surface area contributed by atoms with Gasteiger partial charge in [-0.15, -0.1) is 0 Å². The van der Waals surface area contributed by atoms with E-state index < -0.39 is 11.9 Å². The molecule has 2 atom stereocenters. The van der Waals surface area contributed by atoms with E-state index in [0.717, 1.165) is 11.3 Å². The van der Waals surface area contributed by atoms with Gasteiger partial charge in [-0.25, -0.2) is 4.79 Å². The Labute approximate surface area is 234 Å². The monoisotopic (exact) mass is 551 g/mol. The molecule has 0 fully saturated rings. The zero-order chi connectivity index (χ0) is 29.0. The van der Waals surface area contributed by atoms with Crippen molar-refractivity contribution in [2.45, 2.75) is 51.6 Å². The molecule has 1 aliphatic heterocycles. The summed E-state index contributed by atoms with van der Waals surface area (Å²) < 4.78 is 27.3. The Balaban J connectivity index is 1.73. The lowest BCUT2D eigenvalue weighted by Crippen LogP contribution is -2.36. The summed E-state index contributed by atoms with van der Waals surface area (Å²) >= 11 is 0. The Kier molecular flexibility index (Phi) is 9.04. The minimum absolute atomic E-state index is 0.0133. The molecule has 0 bridgehead atoms. The minimum atomic E-state index is -0.692. The van der Waals surface area contributed by atoms with E-state index >= 15 is 0 Å². The summed E-state index contributed by atoms with van der Waals surface area (Å²) in [7, 11) is 4.62. The number of nitrogens with one attached hydrogen (secondary N) is 1. The maximum Gasteiger partial charge on any atom is 0.336 e. The van der Waals surface area contributed by atoms with Gasteiger partial charge in [0, 0.05) is 29.3 Å². The number of aromatic hydroxyl groups is 1. The molecule has 1 heterocycles. The summed E-state index contributed by atoms with van der Waals surface area (Å²) in [5, 5.41) is 13.6. The molecule has 0 spiro atoms. The molecule has 4 rings (SSSR count). The predicted octanol–water partition coefficient (Wildman–Crippen LogP) is 4.75. The number of hydrogen-bond acceptors (Lipinski definition) is 9. The highest BCUT2D eigenvalue weighted by atomic mass is 16.6. The van der Waals surface area contributed by atoms with E-state index in [-0.39, 0.29) is 48.9 Å². The van der Waals surface area contributed by atoms with Crippen LogP contribution in [0.4, 0.5) is 0 Å². The van der Waals surface area contributed by atoms with E-state index in [9.17, 15) is 14.7 Å². The third kappa shape index (κ3) is 5.94. The molecule has 9 nitrogen and oxygen atoms in total. The number of ether oxygens (including phenoxy) is 5. The number of hydrogen-bond donors (Lipinski definition) is 2. The van der Waals surface area contributed by atoms with Crippen LogP contribution in [0.3, 0.4) is 0 Å². The van der Waals surface area contributed by atoms with Crippen LogP contribution in [0.25, 0.3) is 0 Å². The first-order valence-electron chi connectivity index (χ1n) is 13.3. The zero-order valence-corrected chi connectivity index (χ0v) is 23.8. The third-order valence-electron chi connectivity index (χ3n) is 7.23. The van der Waals surface area contributed by atoms with E-state index in [1.54, 1.807) is 33.3 Å². The number of esters is 1. The molecule has 0 saturated carbocycles. The van der Waals surface area contributed by atoms with Gasteiger partial charge in [0.2, 0.25) is 0 Å². The number of ketones is 1. The summed E-state index contributed by atoms with van der Waals surface area (Å²) in [6.45, 7) is 5.97. The Hall–Kier alpha value is -3.98. The van der Waals surface area contributed by atoms with Gasteiger partial charge in [0.1, 0.15) is 6.61 Å². The van der Waals surface area contributed by atoms with Gasteiger partial charge in [-0.3, -0.25) is 4.79 Å². The van der Waals surface area contributed by atoms with Gasteiger partial charge in [-0.05, 0) is 68.5 Å². The first-order chi connectivity index (χ1) is 19.2. The number of rotatable bonds is 10. The molecule has 0 aromatic heterocycles. The van der Waals surface area contributed by atoms with E-state index in [1.165, 1.54) is 13.2 Å². The van der Waals surface area contributed by atoms with E-state index in [1.807, 2.05) is 32.0 Å². The summed E-state index contributed by atoms with van der Waals surface area (Å²) in [6, 6.07) is 10.6. The molecule has 2 aromatic carbocycles. The number of allylic oxidation sites excluding steroid dienone is 3. The average molecular weight is 552 g/mol. The Bertz CT molecular complexity index is 1340. The van der Waals surface area contributed by atoms with Gasteiger partial charge in [0.15, 0.2) is 28.8 Å². The number of dihydropyridines is 1.